The Morgan fingerprint density at radius 1 is 1.00 bits per heavy atom. The van der Waals surface area contributed by atoms with E-state index in [0.717, 1.165) is 25.6 Å². The minimum atomic E-state index is 0.581. The first-order valence-corrected chi connectivity index (χ1v) is 10.3. The normalized spacial score (nSPS) is 20.0. The van der Waals surface area contributed by atoms with Crippen molar-refractivity contribution < 1.29 is 0 Å². The van der Waals surface area contributed by atoms with E-state index >= 15 is 0 Å². The fourth-order valence-corrected chi connectivity index (χ4v) is 4.78. The van der Waals surface area contributed by atoms with Crippen molar-refractivity contribution in [3.63, 3.8) is 0 Å². The first kappa shape index (κ1) is 16.3. The number of para-hydroxylation sites is 1. The van der Waals surface area contributed by atoms with Crippen LogP contribution < -0.4 is 5.32 Å². The van der Waals surface area contributed by atoms with Gasteiger partial charge in [0, 0.05) is 60.6 Å². The van der Waals surface area contributed by atoms with Crippen LogP contribution in [0.15, 0.2) is 42.5 Å². The third kappa shape index (κ3) is 2.83. The van der Waals surface area contributed by atoms with Gasteiger partial charge in [0.1, 0.15) is 0 Å². The number of piperazine rings is 1. The van der Waals surface area contributed by atoms with Crippen LogP contribution in [0.1, 0.15) is 37.8 Å². The number of nitrogens with one attached hydrogen (secondary N) is 1. The Balaban J connectivity index is 1.61. The van der Waals surface area contributed by atoms with E-state index in [4.69, 9.17) is 0 Å². The van der Waals surface area contributed by atoms with Crippen LogP contribution in [0.4, 0.5) is 0 Å². The summed E-state index contributed by atoms with van der Waals surface area (Å²) in [6.07, 6.45) is 4.19. The number of aromatic nitrogens is 1. The molecule has 1 saturated heterocycles. The van der Waals surface area contributed by atoms with Gasteiger partial charge in [-0.1, -0.05) is 37.1 Å². The molecule has 136 valence electrons. The van der Waals surface area contributed by atoms with Crippen molar-refractivity contribution in [1.29, 1.82) is 0 Å². The lowest BCUT2D eigenvalue weighted by atomic mass is 9.97. The van der Waals surface area contributed by atoms with E-state index in [0.29, 0.717) is 6.04 Å². The van der Waals surface area contributed by atoms with Crippen LogP contribution in [-0.2, 0) is 6.54 Å². The predicted octanol–water partition coefficient (Wildman–Crippen LogP) is 4.56. The van der Waals surface area contributed by atoms with Gasteiger partial charge in [-0.15, -0.1) is 0 Å². The van der Waals surface area contributed by atoms with Crippen molar-refractivity contribution in [3.8, 4) is 0 Å². The van der Waals surface area contributed by atoms with Crippen LogP contribution in [0.2, 0.25) is 0 Å². The highest BCUT2D eigenvalue weighted by Gasteiger charge is 2.30. The monoisotopic (exact) mass is 347 g/mol. The Bertz CT molecular complexity index is 916. The summed E-state index contributed by atoms with van der Waals surface area (Å²) in [4.78, 5) is 2.72. The second-order valence-corrected chi connectivity index (χ2v) is 8.02. The molecule has 2 heterocycles. The highest BCUT2D eigenvalue weighted by atomic mass is 15.2. The highest BCUT2D eigenvalue weighted by molar-refractivity contribution is 6.08. The highest BCUT2D eigenvalue weighted by Crippen LogP contribution is 2.41. The lowest BCUT2D eigenvalue weighted by Crippen LogP contribution is -2.45. The molecule has 2 fully saturated rings. The third-order valence-electron chi connectivity index (χ3n) is 6.34. The Morgan fingerprint density at radius 2 is 1.77 bits per heavy atom. The fourth-order valence-electron chi connectivity index (χ4n) is 4.78. The van der Waals surface area contributed by atoms with Crippen LogP contribution in [0.25, 0.3) is 21.8 Å². The molecular formula is C23H29N3. The molecular weight excluding hydrogens is 318 g/mol. The molecule has 3 nitrogen and oxygen atoms in total. The van der Waals surface area contributed by atoms with Crippen LogP contribution in [0, 0.1) is 5.92 Å². The van der Waals surface area contributed by atoms with E-state index in [1.807, 2.05) is 0 Å². The van der Waals surface area contributed by atoms with E-state index in [-0.39, 0.29) is 0 Å². The first-order chi connectivity index (χ1) is 12.8. The summed E-state index contributed by atoms with van der Waals surface area (Å²) in [6.45, 7) is 7.86. The van der Waals surface area contributed by atoms with Gasteiger partial charge >= 0.3 is 0 Å². The molecule has 1 saturated carbocycles. The molecule has 0 unspecified atom stereocenters. The second kappa shape index (κ2) is 6.71. The lowest BCUT2D eigenvalue weighted by molar-refractivity contribution is 0.160. The van der Waals surface area contributed by atoms with E-state index in [1.54, 1.807) is 0 Å². The maximum absolute atomic E-state index is 3.51. The maximum atomic E-state index is 3.51. The van der Waals surface area contributed by atoms with E-state index < -0.39 is 0 Å². The van der Waals surface area contributed by atoms with Gasteiger partial charge in [-0.2, -0.15) is 0 Å². The Morgan fingerprint density at radius 3 is 2.54 bits per heavy atom. The summed E-state index contributed by atoms with van der Waals surface area (Å²) in [6, 6.07) is 16.7. The quantitative estimate of drug-likeness (QED) is 0.730. The summed E-state index contributed by atoms with van der Waals surface area (Å²) in [5.74, 6) is 0.947. The largest absolute Gasteiger partial charge is 0.341 e. The predicted molar refractivity (Wildman–Crippen MR) is 110 cm³/mol. The number of fused-ring (bicyclic) bond motifs is 3. The van der Waals surface area contributed by atoms with Gasteiger partial charge in [0.05, 0.1) is 0 Å². The SMILES string of the molecule is CCn1c2ccccc2c2cc([C@H](CC3CC3)N3CCNCC3)ccc21. The molecule has 26 heavy (non-hydrogen) atoms. The number of rotatable bonds is 5. The zero-order valence-electron chi connectivity index (χ0n) is 15.7. The Hall–Kier alpha value is -1.84. The molecule has 0 spiro atoms. The van der Waals surface area contributed by atoms with Crippen LogP contribution in [-0.4, -0.2) is 35.6 Å². The number of hydrogen-bond donors (Lipinski definition) is 1. The fraction of sp³-hybridized carbons (Fsp3) is 0.478. The average Bonchev–Trinajstić information content (AvgIpc) is 3.47. The molecule has 0 radical (unpaired) electrons. The number of hydrogen-bond acceptors (Lipinski definition) is 2. The van der Waals surface area contributed by atoms with Crippen molar-refractivity contribution in [3.05, 3.63) is 48.0 Å². The smallest absolute Gasteiger partial charge is 0.0491 e. The summed E-state index contributed by atoms with van der Waals surface area (Å²) in [5, 5.41) is 6.34. The minimum Gasteiger partial charge on any atom is -0.341 e. The third-order valence-corrected chi connectivity index (χ3v) is 6.34. The number of aryl methyl sites for hydroxylation is 1. The molecule has 1 atom stereocenters. The second-order valence-electron chi connectivity index (χ2n) is 8.02. The van der Waals surface area contributed by atoms with Gasteiger partial charge in [0.25, 0.3) is 0 Å². The molecule has 3 heteroatoms. The van der Waals surface area contributed by atoms with Gasteiger partial charge in [0.2, 0.25) is 0 Å². The summed E-state index contributed by atoms with van der Waals surface area (Å²) in [5.41, 5.74) is 4.26. The van der Waals surface area contributed by atoms with E-state index in [1.165, 1.54) is 59.7 Å². The molecule has 1 N–H and O–H groups in total. The Kier molecular flexibility index (Phi) is 4.22. The molecule has 3 aromatic rings. The minimum absolute atomic E-state index is 0.581. The van der Waals surface area contributed by atoms with Crippen molar-refractivity contribution in [2.24, 2.45) is 5.92 Å². The topological polar surface area (TPSA) is 20.2 Å². The zero-order chi connectivity index (χ0) is 17.5. The van der Waals surface area contributed by atoms with Gasteiger partial charge in [0.15, 0.2) is 0 Å². The van der Waals surface area contributed by atoms with Gasteiger partial charge in [-0.25, -0.2) is 0 Å². The van der Waals surface area contributed by atoms with Crippen molar-refractivity contribution in [2.45, 2.75) is 38.8 Å². The molecule has 5 rings (SSSR count). The number of benzene rings is 2. The standard InChI is InChI=1S/C23H29N3/c1-2-26-21-6-4-3-5-19(21)20-16-18(9-10-22(20)26)23(15-17-7-8-17)25-13-11-24-12-14-25/h3-6,9-10,16-17,23-24H,2,7-8,11-15H2,1H3/t23-/m0/s1. The zero-order valence-corrected chi connectivity index (χ0v) is 15.7. The van der Waals surface area contributed by atoms with E-state index in [9.17, 15) is 0 Å². The lowest BCUT2D eigenvalue weighted by Gasteiger charge is -2.35. The maximum Gasteiger partial charge on any atom is 0.0491 e. The molecule has 1 aliphatic carbocycles. The molecule has 0 bridgehead atoms. The van der Waals surface area contributed by atoms with Crippen LogP contribution >= 0.6 is 0 Å². The molecule has 1 aliphatic heterocycles. The van der Waals surface area contributed by atoms with Crippen molar-refractivity contribution in [1.82, 2.24) is 14.8 Å². The summed E-state index contributed by atoms with van der Waals surface area (Å²) < 4.78 is 2.45. The van der Waals surface area contributed by atoms with Crippen molar-refractivity contribution in [2.75, 3.05) is 26.2 Å². The average molecular weight is 348 g/mol. The van der Waals surface area contributed by atoms with Gasteiger partial charge in [-0.05, 0) is 43.0 Å². The van der Waals surface area contributed by atoms with E-state index in [2.05, 4.69) is 64.2 Å². The Labute approximate surface area is 156 Å². The molecule has 0 amide bonds. The number of nitrogens with zero attached hydrogens (tertiary/aromatic N) is 2. The summed E-state index contributed by atoms with van der Waals surface area (Å²) >= 11 is 0. The molecule has 1 aromatic heterocycles. The summed E-state index contributed by atoms with van der Waals surface area (Å²) in [7, 11) is 0. The van der Waals surface area contributed by atoms with Crippen molar-refractivity contribution >= 4 is 21.8 Å². The van der Waals surface area contributed by atoms with Crippen LogP contribution in [0.5, 0.6) is 0 Å². The van der Waals surface area contributed by atoms with Gasteiger partial charge < -0.3 is 9.88 Å². The first-order valence-electron chi connectivity index (χ1n) is 10.3. The molecule has 2 aliphatic rings. The van der Waals surface area contributed by atoms with Gasteiger partial charge in [-0.3, -0.25) is 4.90 Å². The molecule has 2 aromatic carbocycles. The van der Waals surface area contributed by atoms with Crippen LogP contribution in [0.3, 0.4) is 0 Å².